The topological polar surface area (TPSA) is 69.6 Å². The number of para-hydroxylation sites is 1. The van der Waals surface area contributed by atoms with E-state index in [1.165, 1.54) is 0 Å². The number of fused-ring (bicyclic) bond motifs is 1. The minimum atomic E-state index is -0.614. The van der Waals surface area contributed by atoms with E-state index in [0.29, 0.717) is 5.69 Å². The molecule has 0 aliphatic carbocycles. The van der Waals surface area contributed by atoms with Crippen molar-refractivity contribution in [1.29, 1.82) is 0 Å². The van der Waals surface area contributed by atoms with Crippen molar-refractivity contribution in [2.75, 3.05) is 0 Å². The van der Waals surface area contributed by atoms with Crippen LogP contribution in [0.3, 0.4) is 0 Å². The van der Waals surface area contributed by atoms with Gasteiger partial charge in [-0.25, -0.2) is 0 Å². The number of carbonyl (C=O) groups is 1. The zero-order valence-electron chi connectivity index (χ0n) is 6.87. The average Bonchev–Trinajstić information content (AvgIpc) is 2.48. The summed E-state index contributed by atoms with van der Waals surface area (Å²) in [7, 11) is 0. The molecule has 0 saturated carbocycles. The Bertz CT molecular complexity index is 447. The number of rotatable bonds is 2. The average molecular weight is 174 g/mol. The van der Waals surface area contributed by atoms with Gasteiger partial charge >= 0.3 is 0 Å². The molecule has 0 spiro atoms. The van der Waals surface area contributed by atoms with Gasteiger partial charge in [0.05, 0.1) is 17.6 Å². The number of amides is 1. The minimum absolute atomic E-state index is 0.0734. The molecule has 4 nitrogen and oxygen atoms in total. The van der Waals surface area contributed by atoms with Gasteiger partial charge in [-0.15, -0.1) is 0 Å². The van der Waals surface area contributed by atoms with E-state index in [1.807, 2.05) is 24.3 Å². The van der Waals surface area contributed by atoms with E-state index < -0.39 is 5.91 Å². The van der Waals surface area contributed by atoms with Gasteiger partial charge in [0.2, 0.25) is 5.91 Å². The quantitative estimate of drug-likeness (QED) is 0.735. The van der Waals surface area contributed by atoms with E-state index >= 15 is 0 Å². The summed E-state index contributed by atoms with van der Waals surface area (Å²) in [5, 5.41) is 7.70. The van der Waals surface area contributed by atoms with Crippen molar-refractivity contribution in [3.8, 4) is 0 Å². The maximum Gasteiger partial charge on any atom is 0.244 e. The molecule has 0 aliphatic rings. The summed E-state index contributed by atoms with van der Waals surface area (Å²) in [5.74, 6) is -0.614. The number of hydrogen-bond donors (Lipinski definition) is 1. The minimum Gasteiger partial charge on any atom is -0.278 e. The fraction of sp³-hybridized carbons (Fsp3) is 0.111. The Morgan fingerprint density at radius 3 is 3.00 bits per heavy atom. The normalized spacial score (nSPS) is 10.5. The van der Waals surface area contributed by atoms with E-state index in [1.54, 1.807) is 0 Å². The van der Waals surface area contributed by atoms with Crippen LogP contribution in [0.1, 0.15) is 5.69 Å². The number of aromatic amines is 1. The fourth-order valence-electron chi connectivity index (χ4n) is 1.31. The van der Waals surface area contributed by atoms with Crippen molar-refractivity contribution in [2.45, 2.75) is 6.42 Å². The molecule has 13 heavy (non-hydrogen) atoms. The Morgan fingerprint density at radius 2 is 2.23 bits per heavy atom. The van der Waals surface area contributed by atoms with Gasteiger partial charge in [-0.1, -0.05) is 18.2 Å². The number of carbonyl (C=O) groups excluding carboxylic acids is 1. The summed E-state index contributed by atoms with van der Waals surface area (Å²) in [6.45, 7) is 0. The highest BCUT2D eigenvalue weighted by Gasteiger charge is 2.06. The Labute approximate surface area is 74.7 Å². The number of H-pyrrole nitrogens is 1. The molecule has 4 heteroatoms. The lowest BCUT2D eigenvalue weighted by Crippen LogP contribution is -2.02. The summed E-state index contributed by atoms with van der Waals surface area (Å²) in [6, 6.07) is 7.56. The maximum atomic E-state index is 10.6. The molecule has 0 aliphatic heterocycles. The third-order valence-electron chi connectivity index (χ3n) is 1.88. The maximum absolute atomic E-state index is 10.6. The van der Waals surface area contributed by atoms with E-state index in [4.69, 9.17) is 5.73 Å². The molecule has 0 bridgehead atoms. The molecule has 2 rings (SSSR count). The summed E-state index contributed by atoms with van der Waals surface area (Å²) in [4.78, 5) is 10.6. The summed E-state index contributed by atoms with van der Waals surface area (Å²) >= 11 is 0. The van der Waals surface area contributed by atoms with Gasteiger partial charge in [0.25, 0.3) is 0 Å². The second-order valence-corrected chi connectivity index (χ2v) is 2.82. The van der Waals surface area contributed by atoms with Crippen LogP contribution in [0.2, 0.25) is 0 Å². The fourth-order valence-corrected chi connectivity index (χ4v) is 1.31. The first-order valence-corrected chi connectivity index (χ1v) is 3.94. The molecule has 2 N–H and O–H groups in total. The molecule has 1 aromatic carbocycles. The van der Waals surface area contributed by atoms with Crippen LogP contribution in [0.15, 0.2) is 24.3 Å². The lowest BCUT2D eigenvalue weighted by molar-refractivity contribution is -0.118. The largest absolute Gasteiger partial charge is 0.278 e. The van der Waals surface area contributed by atoms with Crippen LogP contribution in [0.4, 0.5) is 0 Å². The molecule has 0 saturated heterocycles. The molecule has 1 heterocycles. The number of nitrogens with one attached hydrogen (secondary N) is 2. The van der Waals surface area contributed by atoms with Crippen molar-refractivity contribution in [1.82, 2.24) is 15.9 Å². The Kier molecular flexibility index (Phi) is 1.73. The van der Waals surface area contributed by atoms with Crippen LogP contribution in [-0.2, 0) is 11.2 Å². The molecule has 1 aromatic heterocycles. The van der Waals surface area contributed by atoms with Crippen LogP contribution in [0.5, 0.6) is 0 Å². The van der Waals surface area contributed by atoms with Crippen LogP contribution >= 0.6 is 0 Å². The molecule has 0 atom stereocenters. The summed E-state index contributed by atoms with van der Waals surface area (Å²) in [6.07, 6.45) is 0.0734. The van der Waals surface area contributed by atoms with E-state index in [2.05, 4.69) is 10.2 Å². The first kappa shape index (κ1) is 7.79. The Morgan fingerprint density at radius 1 is 1.46 bits per heavy atom. The van der Waals surface area contributed by atoms with Crippen LogP contribution in [-0.4, -0.2) is 16.1 Å². The lowest BCUT2D eigenvalue weighted by Gasteiger charge is -1.90. The monoisotopic (exact) mass is 174 g/mol. The third-order valence-corrected chi connectivity index (χ3v) is 1.88. The lowest BCUT2D eigenvalue weighted by atomic mass is 10.2. The van der Waals surface area contributed by atoms with Gasteiger partial charge in [-0.2, -0.15) is 5.10 Å². The highest BCUT2D eigenvalue weighted by atomic mass is 16.1. The predicted octanol–water partition coefficient (Wildman–Crippen LogP) is 0.915. The molecule has 1 amide bonds. The zero-order valence-corrected chi connectivity index (χ0v) is 6.87. The number of nitrogens with zero attached hydrogens (tertiary/aromatic N) is 1. The standard InChI is InChI=1S/C9H8N3O/c10-9(13)5-8-6-3-1-2-4-7(6)11-12-8/h1-4,10H,5H2,(H,11,12). The third kappa shape index (κ3) is 1.38. The molecule has 65 valence electrons. The van der Waals surface area contributed by atoms with Gasteiger partial charge in [0, 0.05) is 5.39 Å². The Hall–Kier alpha value is -1.84. The smallest absolute Gasteiger partial charge is 0.244 e. The molecule has 0 fully saturated rings. The van der Waals surface area contributed by atoms with Crippen molar-refractivity contribution in [2.24, 2.45) is 0 Å². The first-order chi connectivity index (χ1) is 6.27. The van der Waals surface area contributed by atoms with Crippen molar-refractivity contribution in [3.63, 3.8) is 0 Å². The van der Waals surface area contributed by atoms with E-state index in [0.717, 1.165) is 10.9 Å². The predicted molar refractivity (Wildman–Crippen MR) is 47.9 cm³/mol. The van der Waals surface area contributed by atoms with Crippen LogP contribution in [0, 0.1) is 0 Å². The molecule has 2 aromatic rings. The van der Waals surface area contributed by atoms with Gasteiger partial charge in [-0.05, 0) is 6.07 Å². The van der Waals surface area contributed by atoms with Gasteiger partial charge < -0.3 is 0 Å². The summed E-state index contributed by atoms with van der Waals surface area (Å²) in [5.41, 5.74) is 8.39. The van der Waals surface area contributed by atoms with Gasteiger partial charge in [0.15, 0.2) is 0 Å². The molecule has 0 unspecified atom stereocenters. The number of benzene rings is 1. The van der Waals surface area contributed by atoms with Crippen molar-refractivity contribution < 1.29 is 4.79 Å². The zero-order chi connectivity index (χ0) is 9.26. The molecular weight excluding hydrogens is 166 g/mol. The highest BCUT2D eigenvalue weighted by Crippen LogP contribution is 2.14. The van der Waals surface area contributed by atoms with Gasteiger partial charge in [0.1, 0.15) is 0 Å². The molecule has 1 radical (unpaired) electrons. The van der Waals surface area contributed by atoms with E-state index in [9.17, 15) is 4.79 Å². The van der Waals surface area contributed by atoms with E-state index in [-0.39, 0.29) is 6.42 Å². The molecular formula is C9H8N3O. The van der Waals surface area contributed by atoms with Crippen molar-refractivity contribution >= 4 is 16.8 Å². The summed E-state index contributed by atoms with van der Waals surface area (Å²) < 4.78 is 0. The number of aromatic nitrogens is 2. The highest BCUT2D eigenvalue weighted by molar-refractivity contribution is 5.86. The SMILES string of the molecule is [NH]C(=O)Cc1n[nH]c2ccccc12. The second-order valence-electron chi connectivity index (χ2n) is 2.82. The first-order valence-electron chi connectivity index (χ1n) is 3.94. The Balaban J connectivity index is 2.51. The number of hydrogen-bond acceptors (Lipinski definition) is 2. The van der Waals surface area contributed by atoms with Gasteiger partial charge in [-0.3, -0.25) is 15.6 Å². The van der Waals surface area contributed by atoms with Crippen LogP contribution in [0.25, 0.3) is 10.9 Å². The van der Waals surface area contributed by atoms with Crippen LogP contribution < -0.4 is 5.73 Å². The second kappa shape index (κ2) is 2.90. The van der Waals surface area contributed by atoms with Crippen molar-refractivity contribution in [3.05, 3.63) is 30.0 Å².